The molecule has 0 aliphatic heterocycles. The molecule has 0 N–H and O–H groups in total. The number of halogens is 2. The molecule has 1 rings (SSSR count). The van der Waals surface area contributed by atoms with Crippen molar-refractivity contribution in [1.82, 2.24) is 0 Å². The summed E-state index contributed by atoms with van der Waals surface area (Å²) in [6.45, 7) is 6.23. The molecule has 0 aromatic heterocycles. The van der Waals surface area contributed by atoms with E-state index in [4.69, 9.17) is 0 Å². The quantitative estimate of drug-likeness (QED) is 0.461. The summed E-state index contributed by atoms with van der Waals surface area (Å²) in [6.07, 6.45) is 0.628. The lowest BCUT2D eigenvalue weighted by atomic mass is 9.87. The first kappa shape index (κ1) is 15.1. The summed E-state index contributed by atoms with van der Waals surface area (Å²) in [5, 5.41) is 10.7. The number of nitro benzene ring substituents is 1. The van der Waals surface area contributed by atoms with Gasteiger partial charge in [-0.1, -0.05) is 36.7 Å². The highest BCUT2D eigenvalue weighted by Gasteiger charge is 2.20. The summed E-state index contributed by atoms with van der Waals surface area (Å²) in [6, 6.07) is 3.77. The second-order valence-corrected chi connectivity index (χ2v) is 6.31. The third kappa shape index (κ3) is 4.05. The molecule has 1 aromatic rings. The molecule has 100 valence electrons. The Balaban J connectivity index is 2.99. The highest BCUT2D eigenvalue weighted by atomic mass is 79.9. The first-order valence-corrected chi connectivity index (χ1v) is 6.80. The van der Waals surface area contributed by atoms with Gasteiger partial charge in [-0.15, -0.1) is 0 Å². The Labute approximate surface area is 115 Å². The lowest BCUT2D eigenvalue weighted by Crippen LogP contribution is -2.20. The minimum absolute atomic E-state index is 0.185. The molecule has 0 fully saturated rings. The molecule has 0 aliphatic rings. The van der Waals surface area contributed by atoms with Gasteiger partial charge in [0.2, 0.25) is 0 Å². The predicted molar refractivity (Wildman–Crippen MR) is 73.5 cm³/mol. The standard InChI is InChI=1S/C13H17BrFNO2/c1-8(2)13(9(3)14)6-10-4-11(15)7-12(5-10)16(17)18/h4-5,7-9,13H,6H2,1-3H3. The topological polar surface area (TPSA) is 43.1 Å². The third-order valence-electron chi connectivity index (χ3n) is 3.07. The van der Waals surface area contributed by atoms with Gasteiger partial charge in [-0.25, -0.2) is 4.39 Å². The van der Waals surface area contributed by atoms with Crippen LogP contribution in [0.5, 0.6) is 0 Å². The van der Waals surface area contributed by atoms with Crippen molar-refractivity contribution >= 4 is 21.6 Å². The number of hydrogen-bond donors (Lipinski definition) is 0. The van der Waals surface area contributed by atoms with Crippen LogP contribution in [0.4, 0.5) is 10.1 Å². The van der Waals surface area contributed by atoms with E-state index in [2.05, 4.69) is 29.8 Å². The number of rotatable bonds is 5. The van der Waals surface area contributed by atoms with Crippen LogP contribution in [-0.4, -0.2) is 9.75 Å². The van der Waals surface area contributed by atoms with Crippen molar-refractivity contribution in [2.75, 3.05) is 0 Å². The average Bonchev–Trinajstić information content (AvgIpc) is 2.24. The summed E-state index contributed by atoms with van der Waals surface area (Å²) < 4.78 is 13.3. The zero-order valence-electron chi connectivity index (χ0n) is 10.7. The van der Waals surface area contributed by atoms with Gasteiger partial charge in [-0.05, 0) is 29.9 Å². The molecule has 0 heterocycles. The molecule has 0 amide bonds. The Morgan fingerprint density at radius 3 is 2.39 bits per heavy atom. The van der Waals surface area contributed by atoms with E-state index >= 15 is 0 Å². The fourth-order valence-electron chi connectivity index (χ4n) is 2.06. The maximum atomic E-state index is 13.3. The second-order valence-electron chi connectivity index (χ2n) is 4.86. The van der Waals surface area contributed by atoms with Crippen LogP contribution in [0.2, 0.25) is 0 Å². The highest BCUT2D eigenvalue weighted by molar-refractivity contribution is 9.09. The molecular weight excluding hydrogens is 301 g/mol. The predicted octanol–water partition coefficient (Wildman–Crippen LogP) is 4.33. The Morgan fingerprint density at radius 2 is 1.94 bits per heavy atom. The van der Waals surface area contributed by atoms with Gasteiger partial charge in [0, 0.05) is 10.9 Å². The summed E-state index contributed by atoms with van der Waals surface area (Å²) >= 11 is 3.54. The molecule has 0 radical (unpaired) electrons. The van der Waals surface area contributed by atoms with Crippen molar-refractivity contribution < 1.29 is 9.31 Å². The van der Waals surface area contributed by atoms with Gasteiger partial charge in [-0.2, -0.15) is 0 Å². The number of hydrogen-bond acceptors (Lipinski definition) is 2. The Hall–Kier alpha value is -0.970. The minimum Gasteiger partial charge on any atom is -0.258 e. The van der Waals surface area contributed by atoms with Gasteiger partial charge in [0.25, 0.3) is 5.69 Å². The van der Waals surface area contributed by atoms with E-state index in [1.165, 1.54) is 12.1 Å². The Bertz CT molecular complexity index is 427. The summed E-state index contributed by atoms with van der Waals surface area (Å²) in [5.41, 5.74) is 0.487. The molecule has 0 saturated heterocycles. The van der Waals surface area contributed by atoms with Crippen LogP contribution in [0.15, 0.2) is 18.2 Å². The smallest absolute Gasteiger partial charge is 0.258 e. The fourth-order valence-corrected chi connectivity index (χ4v) is 2.85. The number of benzene rings is 1. The molecule has 1 aromatic carbocycles. The van der Waals surface area contributed by atoms with Crippen LogP contribution in [0, 0.1) is 27.8 Å². The van der Waals surface area contributed by atoms with Crippen molar-refractivity contribution in [3.05, 3.63) is 39.7 Å². The van der Waals surface area contributed by atoms with Crippen molar-refractivity contribution in [2.45, 2.75) is 32.0 Å². The number of nitro groups is 1. The van der Waals surface area contributed by atoms with E-state index in [1.807, 2.05) is 6.92 Å². The molecule has 5 heteroatoms. The van der Waals surface area contributed by atoms with Crippen LogP contribution in [0.1, 0.15) is 26.3 Å². The van der Waals surface area contributed by atoms with Crippen LogP contribution >= 0.6 is 15.9 Å². The molecule has 0 spiro atoms. The van der Waals surface area contributed by atoms with Gasteiger partial charge >= 0.3 is 0 Å². The molecule has 2 unspecified atom stereocenters. The van der Waals surface area contributed by atoms with Crippen molar-refractivity contribution in [3.8, 4) is 0 Å². The molecule has 0 saturated carbocycles. The first-order valence-electron chi connectivity index (χ1n) is 5.89. The van der Waals surface area contributed by atoms with Gasteiger partial charge in [-0.3, -0.25) is 10.1 Å². The number of alkyl halides is 1. The van der Waals surface area contributed by atoms with Crippen LogP contribution in [0.25, 0.3) is 0 Å². The summed E-state index contributed by atoms with van der Waals surface area (Å²) in [7, 11) is 0. The fraction of sp³-hybridized carbons (Fsp3) is 0.538. The molecule has 2 atom stereocenters. The second kappa shape index (κ2) is 6.27. The van der Waals surface area contributed by atoms with Crippen molar-refractivity contribution in [1.29, 1.82) is 0 Å². The Kier molecular flexibility index (Phi) is 5.26. The lowest BCUT2D eigenvalue weighted by molar-refractivity contribution is -0.385. The van der Waals surface area contributed by atoms with E-state index in [9.17, 15) is 14.5 Å². The van der Waals surface area contributed by atoms with Crippen LogP contribution < -0.4 is 0 Å². The molecule has 0 aliphatic carbocycles. The largest absolute Gasteiger partial charge is 0.272 e. The van der Waals surface area contributed by atoms with E-state index in [1.54, 1.807) is 0 Å². The third-order valence-corrected chi connectivity index (χ3v) is 3.75. The van der Waals surface area contributed by atoms with E-state index in [0.29, 0.717) is 23.8 Å². The van der Waals surface area contributed by atoms with Crippen molar-refractivity contribution in [3.63, 3.8) is 0 Å². The number of nitrogens with zero attached hydrogens (tertiary/aromatic N) is 1. The number of non-ortho nitro benzene ring substituents is 1. The van der Waals surface area contributed by atoms with E-state index in [-0.39, 0.29) is 10.5 Å². The molecular formula is C13H17BrFNO2. The highest BCUT2D eigenvalue weighted by Crippen LogP contribution is 2.27. The van der Waals surface area contributed by atoms with Gasteiger partial charge in [0.05, 0.1) is 11.0 Å². The first-order chi connectivity index (χ1) is 8.31. The Morgan fingerprint density at radius 1 is 1.33 bits per heavy atom. The summed E-state index contributed by atoms with van der Waals surface area (Å²) in [5.74, 6) is 0.178. The van der Waals surface area contributed by atoms with Gasteiger partial charge in [0.15, 0.2) is 0 Å². The zero-order valence-corrected chi connectivity index (χ0v) is 12.3. The average molecular weight is 318 g/mol. The van der Waals surface area contributed by atoms with E-state index < -0.39 is 10.7 Å². The minimum atomic E-state index is -0.561. The van der Waals surface area contributed by atoms with Gasteiger partial charge < -0.3 is 0 Å². The van der Waals surface area contributed by atoms with Gasteiger partial charge in [0.1, 0.15) is 5.82 Å². The maximum Gasteiger partial charge on any atom is 0.272 e. The zero-order chi connectivity index (χ0) is 13.9. The molecule has 18 heavy (non-hydrogen) atoms. The normalized spacial score (nSPS) is 14.6. The monoisotopic (exact) mass is 317 g/mol. The van der Waals surface area contributed by atoms with Crippen LogP contribution in [0.3, 0.4) is 0 Å². The lowest BCUT2D eigenvalue weighted by Gasteiger charge is -2.23. The van der Waals surface area contributed by atoms with Crippen molar-refractivity contribution in [2.24, 2.45) is 11.8 Å². The maximum absolute atomic E-state index is 13.3. The molecule has 0 bridgehead atoms. The summed E-state index contributed by atoms with van der Waals surface area (Å²) in [4.78, 5) is 10.4. The van der Waals surface area contributed by atoms with Crippen LogP contribution in [-0.2, 0) is 6.42 Å². The van der Waals surface area contributed by atoms with E-state index in [0.717, 1.165) is 6.07 Å². The molecule has 3 nitrogen and oxygen atoms in total. The SMILES string of the molecule is CC(C)C(Cc1cc(F)cc([N+](=O)[O-])c1)C(C)Br.